The van der Waals surface area contributed by atoms with Gasteiger partial charge in [0.15, 0.2) is 0 Å². The summed E-state index contributed by atoms with van der Waals surface area (Å²) < 4.78 is 5.26. The molecule has 1 atom stereocenters. The fourth-order valence-electron chi connectivity index (χ4n) is 3.83. The zero-order valence-corrected chi connectivity index (χ0v) is 16.6. The van der Waals surface area contributed by atoms with Crippen LogP contribution in [0.25, 0.3) is 0 Å². The molecule has 2 heterocycles. The Labute approximate surface area is 166 Å². The molecule has 2 fully saturated rings. The highest BCUT2D eigenvalue weighted by atomic mass is 16.5. The maximum Gasteiger partial charge on any atom is 0.407 e. The number of carbonyl (C=O) groups is 3. The van der Waals surface area contributed by atoms with Gasteiger partial charge in [-0.15, -0.1) is 0 Å². The second kappa shape index (κ2) is 9.08. The summed E-state index contributed by atoms with van der Waals surface area (Å²) in [4.78, 5) is 40.4. The van der Waals surface area contributed by atoms with Crippen molar-refractivity contribution in [2.45, 2.75) is 51.8 Å². The molecule has 152 valence electrons. The quantitative estimate of drug-likeness (QED) is 0.840. The van der Waals surface area contributed by atoms with E-state index in [-0.39, 0.29) is 36.4 Å². The molecule has 1 unspecified atom stereocenters. The first-order valence-electron chi connectivity index (χ1n) is 9.99. The maximum absolute atomic E-state index is 12.7. The van der Waals surface area contributed by atoms with Crippen LogP contribution in [-0.4, -0.2) is 59.4 Å². The van der Waals surface area contributed by atoms with Crippen molar-refractivity contribution in [1.82, 2.24) is 15.1 Å². The Bertz CT molecular complexity index is 699. The number of nitrogens with zero attached hydrogens (tertiary/aromatic N) is 2. The lowest BCUT2D eigenvalue weighted by Gasteiger charge is -2.33. The van der Waals surface area contributed by atoms with E-state index in [1.807, 2.05) is 49.1 Å². The zero-order chi connectivity index (χ0) is 20.1. The van der Waals surface area contributed by atoms with Gasteiger partial charge in [0.05, 0.1) is 5.92 Å². The van der Waals surface area contributed by atoms with Gasteiger partial charge in [0, 0.05) is 38.1 Å². The molecule has 7 nitrogen and oxygen atoms in total. The molecule has 1 aromatic carbocycles. The lowest BCUT2D eigenvalue weighted by Crippen LogP contribution is -2.48. The average Bonchev–Trinajstić information content (AvgIpc) is 3.09. The molecule has 0 radical (unpaired) electrons. The molecule has 7 heteroatoms. The van der Waals surface area contributed by atoms with E-state index in [4.69, 9.17) is 4.74 Å². The maximum atomic E-state index is 12.7. The molecule has 0 spiro atoms. The second-order valence-electron chi connectivity index (χ2n) is 7.85. The number of piperidine rings is 1. The predicted octanol–water partition coefficient (Wildman–Crippen LogP) is 2.16. The molecule has 2 aliphatic heterocycles. The van der Waals surface area contributed by atoms with Gasteiger partial charge in [0.1, 0.15) is 6.61 Å². The first-order chi connectivity index (χ1) is 13.4. The van der Waals surface area contributed by atoms with E-state index in [0.717, 1.165) is 5.56 Å². The molecule has 2 aliphatic rings. The van der Waals surface area contributed by atoms with Crippen molar-refractivity contribution in [3.8, 4) is 0 Å². The van der Waals surface area contributed by atoms with E-state index in [1.54, 1.807) is 4.90 Å². The summed E-state index contributed by atoms with van der Waals surface area (Å²) in [5.41, 5.74) is 0.944. The zero-order valence-electron chi connectivity index (χ0n) is 16.6. The van der Waals surface area contributed by atoms with Crippen molar-refractivity contribution < 1.29 is 19.1 Å². The van der Waals surface area contributed by atoms with Crippen molar-refractivity contribution in [2.24, 2.45) is 5.92 Å². The van der Waals surface area contributed by atoms with Gasteiger partial charge in [-0.05, 0) is 32.3 Å². The summed E-state index contributed by atoms with van der Waals surface area (Å²) in [6, 6.07) is 9.67. The van der Waals surface area contributed by atoms with Crippen LogP contribution in [0.5, 0.6) is 0 Å². The molecule has 1 N–H and O–H groups in total. The highest BCUT2D eigenvalue weighted by Gasteiger charge is 2.38. The Kier molecular flexibility index (Phi) is 6.54. The molecule has 0 bridgehead atoms. The summed E-state index contributed by atoms with van der Waals surface area (Å²) in [6.45, 7) is 5.88. The number of hydrogen-bond donors (Lipinski definition) is 1. The van der Waals surface area contributed by atoms with Crippen molar-refractivity contribution in [3.05, 3.63) is 35.9 Å². The van der Waals surface area contributed by atoms with Crippen LogP contribution in [-0.2, 0) is 20.9 Å². The van der Waals surface area contributed by atoms with Crippen LogP contribution in [0.3, 0.4) is 0 Å². The fourth-order valence-corrected chi connectivity index (χ4v) is 3.83. The molecule has 3 rings (SSSR count). The first kappa shape index (κ1) is 20.2. The summed E-state index contributed by atoms with van der Waals surface area (Å²) in [6.07, 6.45) is 1.27. The standard InChI is InChI=1S/C21H29N3O4/c1-15(2)24-13-17(12-19(24)25)20(26)23-10-8-18(9-11-23)22-21(27)28-14-16-6-4-3-5-7-16/h3-7,15,17-18H,8-14H2,1-2H3,(H,22,27). The van der Waals surface area contributed by atoms with Crippen molar-refractivity contribution >= 4 is 17.9 Å². The summed E-state index contributed by atoms with van der Waals surface area (Å²) >= 11 is 0. The lowest BCUT2D eigenvalue weighted by molar-refractivity contribution is -0.136. The lowest BCUT2D eigenvalue weighted by atomic mass is 10.0. The summed E-state index contributed by atoms with van der Waals surface area (Å²) in [5, 5.41) is 2.89. The third-order valence-corrected chi connectivity index (χ3v) is 5.47. The Morgan fingerprint density at radius 2 is 1.86 bits per heavy atom. The van der Waals surface area contributed by atoms with Gasteiger partial charge in [-0.25, -0.2) is 4.79 Å². The van der Waals surface area contributed by atoms with Crippen LogP contribution in [0.15, 0.2) is 30.3 Å². The molecular weight excluding hydrogens is 358 g/mol. The third-order valence-electron chi connectivity index (χ3n) is 5.47. The number of likely N-dealkylation sites (tertiary alicyclic amines) is 2. The Hall–Kier alpha value is -2.57. The number of alkyl carbamates (subject to hydrolysis) is 1. The third kappa shape index (κ3) is 5.03. The number of nitrogens with one attached hydrogen (secondary N) is 1. The van der Waals surface area contributed by atoms with Gasteiger partial charge in [0.2, 0.25) is 11.8 Å². The molecule has 1 aromatic rings. The Morgan fingerprint density at radius 1 is 1.18 bits per heavy atom. The normalized spacial score (nSPS) is 20.5. The van der Waals surface area contributed by atoms with E-state index in [0.29, 0.717) is 38.9 Å². The number of rotatable bonds is 5. The number of hydrogen-bond acceptors (Lipinski definition) is 4. The SMILES string of the molecule is CC(C)N1CC(C(=O)N2CCC(NC(=O)OCc3ccccc3)CC2)CC1=O. The van der Waals surface area contributed by atoms with E-state index in [1.165, 1.54) is 0 Å². The van der Waals surface area contributed by atoms with Gasteiger partial charge in [0.25, 0.3) is 0 Å². The average molecular weight is 387 g/mol. The predicted molar refractivity (Wildman–Crippen MR) is 104 cm³/mol. The second-order valence-corrected chi connectivity index (χ2v) is 7.85. The fraction of sp³-hybridized carbons (Fsp3) is 0.571. The number of amides is 3. The first-order valence-corrected chi connectivity index (χ1v) is 9.99. The highest BCUT2D eigenvalue weighted by molar-refractivity contribution is 5.89. The van der Waals surface area contributed by atoms with Crippen molar-refractivity contribution in [1.29, 1.82) is 0 Å². The van der Waals surface area contributed by atoms with Crippen LogP contribution >= 0.6 is 0 Å². The minimum absolute atomic E-state index is 0.00435. The van der Waals surface area contributed by atoms with Crippen LogP contribution in [0.2, 0.25) is 0 Å². The molecule has 0 saturated carbocycles. The minimum Gasteiger partial charge on any atom is -0.445 e. The smallest absolute Gasteiger partial charge is 0.407 e. The van der Waals surface area contributed by atoms with E-state index in [2.05, 4.69) is 5.32 Å². The van der Waals surface area contributed by atoms with E-state index in [9.17, 15) is 14.4 Å². The van der Waals surface area contributed by atoms with Crippen LogP contribution in [0, 0.1) is 5.92 Å². The van der Waals surface area contributed by atoms with Crippen LogP contribution in [0.1, 0.15) is 38.7 Å². The van der Waals surface area contributed by atoms with Gasteiger partial charge in [-0.3, -0.25) is 9.59 Å². The number of ether oxygens (including phenoxy) is 1. The topological polar surface area (TPSA) is 79.0 Å². The molecule has 0 aromatic heterocycles. The number of carbonyl (C=O) groups excluding carboxylic acids is 3. The van der Waals surface area contributed by atoms with Crippen LogP contribution < -0.4 is 5.32 Å². The molecule has 3 amide bonds. The molecule has 2 saturated heterocycles. The summed E-state index contributed by atoms with van der Waals surface area (Å²) in [5.74, 6) is -0.122. The monoisotopic (exact) mass is 387 g/mol. The number of benzene rings is 1. The molecule has 0 aliphatic carbocycles. The van der Waals surface area contributed by atoms with Crippen LogP contribution in [0.4, 0.5) is 4.79 Å². The minimum atomic E-state index is -0.428. The van der Waals surface area contributed by atoms with Gasteiger partial charge in [-0.1, -0.05) is 30.3 Å². The van der Waals surface area contributed by atoms with Gasteiger partial charge >= 0.3 is 6.09 Å². The Morgan fingerprint density at radius 3 is 2.46 bits per heavy atom. The summed E-state index contributed by atoms with van der Waals surface area (Å²) in [7, 11) is 0. The van der Waals surface area contributed by atoms with E-state index < -0.39 is 6.09 Å². The van der Waals surface area contributed by atoms with Gasteiger partial charge in [-0.2, -0.15) is 0 Å². The Balaban J connectivity index is 1.40. The molecule has 28 heavy (non-hydrogen) atoms. The van der Waals surface area contributed by atoms with Gasteiger partial charge < -0.3 is 19.9 Å². The highest BCUT2D eigenvalue weighted by Crippen LogP contribution is 2.23. The van der Waals surface area contributed by atoms with Crippen molar-refractivity contribution in [3.63, 3.8) is 0 Å². The van der Waals surface area contributed by atoms with E-state index >= 15 is 0 Å². The largest absolute Gasteiger partial charge is 0.445 e. The molecular formula is C21H29N3O4. The van der Waals surface area contributed by atoms with Crippen molar-refractivity contribution in [2.75, 3.05) is 19.6 Å².